The Morgan fingerprint density at radius 3 is 1.59 bits per heavy atom. The minimum atomic E-state index is -0.314. The molecule has 0 fully saturated rings. The standard InChI is InChI=1S/C22H19N3O3S/c1-28-17-12-10-16(11-13-17)22(27)25-19-5-3-2-4-18(19)24-21(26)15-8-6-14(7-9-15)20(23)29/h2-13H,1H3,(H2,23,29)(H,24,26)(H,25,27). The van der Waals surface area contributed by atoms with Crippen LogP contribution in [0.15, 0.2) is 72.8 Å². The molecule has 0 aliphatic heterocycles. The third-order valence-corrected chi connectivity index (χ3v) is 4.44. The maximum atomic E-state index is 12.6. The lowest BCUT2D eigenvalue weighted by molar-refractivity contribution is 0.101. The predicted molar refractivity (Wildman–Crippen MR) is 118 cm³/mol. The van der Waals surface area contributed by atoms with Crippen molar-refractivity contribution < 1.29 is 14.3 Å². The number of rotatable bonds is 6. The number of hydrogen-bond acceptors (Lipinski definition) is 4. The maximum Gasteiger partial charge on any atom is 0.255 e. The number of para-hydroxylation sites is 2. The van der Waals surface area contributed by atoms with Crippen LogP contribution in [-0.4, -0.2) is 23.9 Å². The molecule has 3 rings (SSSR count). The number of thiocarbonyl (C=S) groups is 1. The van der Waals surface area contributed by atoms with Crippen molar-refractivity contribution in [3.05, 3.63) is 89.5 Å². The first-order chi connectivity index (χ1) is 14.0. The average molecular weight is 405 g/mol. The van der Waals surface area contributed by atoms with E-state index in [1.54, 1.807) is 79.9 Å². The number of methoxy groups -OCH3 is 1. The smallest absolute Gasteiger partial charge is 0.255 e. The summed E-state index contributed by atoms with van der Waals surface area (Å²) in [5.41, 5.74) is 8.15. The Kier molecular flexibility index (Phi) is 6.21. The third kappa shape index (κ3) is 4.97. The Balaban J connectivity index is 1.75. The Hall–Kier alpha value is -3.71. The largest absolute Gasteiger partial charge is 0.497 e. The minimum Gasteiger partial charge on any atom is -0.497 e. The van der Waals surface area contributed by atoms with Crippen LogP contribution in [0.1, 0.15) is 26.3 Å². The molecule has 0 saturated carbocycles. The number of carbonyl (C=O) groups is 2. The van der Waals surface area contributed by atoms with E-state index in [1.807, 2.05) is 0 Å². The zero-order valence-electron chi connectivity index (χ0n) is 15.6. The molecule has 0 saturated heterocycles. The van der Waals surface area contributed by atoms with Gasteiger partial charge in [0.15, 0.2) is 0 Å². The zero-order valence-corrected chi connectivity index (χ0v) is 16.5. The van der Waals surface area contributed by atoms with E-state index in [1.165, 1.54) is 0 Å². The molecule has 0 bridgehead atoms. The highest BCUT2D eigenvalue weighted by Gasteiger charge is 2.12. The summed E-state index contributed by atoms with van der Waals surface area (Å²) in [6, 6.07) is 20.4. The lowest BCUT2D eigenvalue weighted by atomic mass is 10.1. The van der Waals surface area contributed by atoms with Gasteiger partial charge in [-0.3, -0.25) is 9.59 Å². The van der Waals surface area contributed by atoms with Gasteiger partial charge in [0.05, 0.1) is 18.5 Å². The van der Waals surface area contributed by atoms with E-state index in [9.17, 15) is 9.59 Å². The van der Waals surface area contributed by atoms with Crippen LogP contribution in [0.5, 0.6) is 5.75 Å². The molecule has 0 aliphatic carbocycles. The Bertz CT molecular complexity index is 1050. The Morgan fingerprint density at radius 1 is 0.759 bits per heavy atom. The van der Waals surface area contributed by atoms with Gasteiger partial charge in [-0.2, -0.15) is 0 Å². The van der Waals surface area contributed by atoms with E-state index < -0.39 is 0 Å². The van der Waals surface area contributed by atoms with Crippen LogP contribution in [0.25, 0.3) is 0 Å². The van der Waals surface area contributed by atoms with Crippen molar-refractivity contribution in [3.8, 4) is 5.75 Å². The fourth-order valence-electron chi connectivity index (χ4n) is 2.62. The SMILES string of the molecule is COc1ccc(C(=O)Nc2ccccc2NC(=O)c2ccc(C(N)=S)cc2)cc1. The molecule has 0 heterocycles. The number of nitrogens with two attached hydrogens (primary N) is 1. The average Bonchev–Trinajstić information content (AvgIpc) is 2.75. The van der Waals surface area contributed by atoms with Crippen molar-refractivity contribution in [1.82, 2.24) is 0 Å². The lowest BCUT2D eigenvalue weighted by Gasteiger charge is -2.13. The number of amides is 2. The molecular formula is C22H19N3O3S. The van der Waals surface area contributed by atoms with Gasteiger partial charge in [-0.05, 0) is 48.5 Å². The summed E-state index contributed by atoms with van der Waals surface area (Å²) in [6.07, 6.45) is 0. The monoisotopic (exact) mass is 405 g/mol. The van der Waals surface area contributed by atoms with Gasteiger partial charge in [-0.15, -0.1) is 0 Å². The molecule has 0 radical (unpaired) electrons. The van der Waals surface area contributed by atoms with Gasteiger partial charge in [0.1, 0.15) is 10.7 Å². The molecule has 7 heteroatoms. The van der Waals surface area contributed by atoms with E-state index in [0.717, 1.165) is 0 Å². The molecule has 0 spiro atoms. The van der Waals surface area contributed by atoms with Gasteiger partial charge in [-0.25, -0.2) is 0 Å². The second-order valence-electron chi connectivity index (χ2n) is 6.12. The first-order valence-electron chi connectivity index (χ1n) is 8.73. The van der Waals surface area contributed by atoms with Gasteiger partial charge < -0.3 is 21.1 Å². The van der Waals surface area contributed by atoms with Crippen LogP contribution in [0, 0.1) is 0 Å². The van der Waals surface area contributed by atoms with Crippen molar-refractivity contribution >= 4 is 40.4 Å². The van der Waals surface area contributed by atoms with Crippen LogP contribution in [-0.2, 0) is 0 Å². The van der Waals surface area contributed by atoms with E-state index in [4.69, 9.17) is 22.7 Å². The number of benzene rings is 3. The number of nitrogens with one attached hydrogen (secondary N) is 2. The second kappa shape index (κ2) is 8.99. The summed E-state index contributed by atoms with van der Waals surface area (Å²) in [4.78, 5) is 25.4. The highest BCUT2D eigenvalue weighted by Crippen LogP contribution is 2.23. The molecule has 0 aromatic heterocycles. The highest BCUT2D eigenvalue weighted by molar-refractivity contribution is 7.80. The maximum absolute atomic E-state index is 12.6. The first-order valence-corrected chi connectivity index (χ1v) is 9.14. The zero-order chi connectivity index (χ0) is 20.8. The van der Waals surface area contributed by atoms with Crippen molar-refractivity contribution in [1.29, 1.82) is 0 Å². The van der Waals surface area contributed by atoms with E-state index in [2.05, 4.69) is 10.6 Å². The van der Waals surface area contributed by atoms with Gasteiger partial charge in [-0.1, -0.05) is 36.5 Å². The third-order valence-electron chi connectivity index (χ3n) is 4.21. The Morgan fingerprint density at radius 2 is 1.17 bits per heavy atom. The fourth-order valence-corrected chi connectivity index (χ4v) is 2.75. The summed E-state index contributed by atoms with van der Waals surface area (Å²) in [6.45, 7) is 0. The number of anilines is 2. The summed E-state index contributed by atoms with van der Waals surface area (Å²) < 4.78 is 5.10. The lowest BCUT2D eigenvalue weighted by Crippen LogP contribution is -2.17. The highest BCUT2D eigenvalue weighted by atomic mass is 32.1. The van der Waals surface area contributed by atoms with Crippen LogP contribution in [0.4, 0.5) is 11.4 Å². The fraction of sp³-hybridized carbons (Fsp3) is 0.0455. The summed E-state index contributed by atoms with van der Waals surface area (Å²) in [5.74, 6) is 0.0522. The van der Waals surface area contributed by atoms with Crippen LogP contribution < -0.4 is 21.1 Å². The minimum absolute atomic E-state index is 0.267. The van der Waals surface area contributed by atoms with Crippen LogP contribution >= 0.6 is 12.2 Å². The molecule has 4 N–H and O–H groups in total. The quantitative estimate of drug-likeness (QED) is 0.542. The van der Waals surface area contributed by atoms with Gasteiger partial charge in [0, 0.05) is 16.7 Å². The van der Waals surface area contributed by atoms with Gasteiger partial charge in [0.2, 0.25) is 0 Å². The molecule has 0 aliphatic rings. The number of hydrogen-bond donors (Lipinski definition) is 3. The molecule has 0 atom stereocenters. The van der Waals surface area contributed by atoms with Gasteiger partial charge >= 0.3 is 0 Å². The molecule has 146 valence electrons. The van der Waals surface area contributed by atoms with Crippen molar-refractivity contribution in [2.24, 2.45) is 5.73 Å². The van der Waals surface area contributed by atoms with Crippen molar-refractivity contribution in [3.63, 3.8) is 0 Å². The second-order valence-corrected chi connectivity index (χ2v) is 6.56. The Labute approximate surface area is 173 Å². The molecule has 2 amide bonds. The van der Waals surface area contributed by atoms with Gasteiger partial charge in [0.25, 0.3) is 11.8 Å². The van der Waals surface area contributed by atoms with E-state index in [-0.39, 0.29) is 16.8 Å². The predicted octanol–water partition coefficient (Wildman–Crippen LogP) is 3.83. The molecule has 29 heavy (non-hydrogen) atoms. The first kappa shape index (κ1) is 20.0. The summed E-state index contributed by atoms with van der Waals surface area (Å²) in [7, 11) is 1.56. The normalized spacial score (nSPS) is 10.1. The van der Waals surface area contributed by atoms with Crippen molar-refractivity contribution in [2.75, 3.05) is 17.7 Å². The van der Waals surface area contributed by atoms with Crippen molar-refractivity contribution in [2.45, 2.75) is 0 Å². The number of carbonyl (C=O) groups excluding carboxylic acids is 2. The summed E-state index contributed by atoms with van der Waals surface area (Å²) in [5, 5.41) is 5.63. The van der Waals surface area contributed by atoms with Crippen LogP contribution in [0.2, 0.25) is 0 Å². The molecule has 6 nitrogen and oxygen atoms in total. The summed E-state index contributed by atoms with van der Waals surface area (Å²) >= 11 is 4.92. The molecule has 3 aromatic carbocycles. The molecular weight excluding hydrogens is 386 g/mol. The van der Waals surface area contributed by atoms with Crippen LogP contribution in [0.3, 0.4) is 0 Å². The molecule has 0 unspecified atom stereocenters. The topological polar surface area (TPSA) is 93.5 Å². The molecule has 3 aromatic rings. The number of ether oxygens (including phenoxy) is 1. The van der Waals surface area contributed by atoms with E-state index in [0.29, 0.717) is 33.8 Å². The van der Waals surface area contributed by atoms with E-state index >= 15 is 0 Å².